The van der Waals surface area contributed by atoms with E-state index in [1.54, 1.807) is 11.3 Å². The summed E-state index contributed by atoms with van der Waals surface area (Å²) in [6.45, 7) is 0. The maximum absolute atomic E-state index is 10.8. The predicted molar refractivity (Wildman–Crippen MR) is 80.9 cm³/mol. The fourth-order valence-corrected chi connectivity index (χ4v) is 2.97. The Bertz CT molecular complexity index is 757. The van der Waals surface area contributed by atoms with Crippen LogP contribution in [0.2, 0.25) is 0 Å². The number of oxazole rings is 1. The van der Waals surface area contributed by atoms with E-state index in [-0.39, 0.29) is 6.42 Å². The summed E-state index contributed by atoms with van der Waals surface area (Å²) in [6.07, 6.45) is 5.15. The highest BCUT2D eigenvalue weighted by Gasteiger charge is 2.11. The number of nitrogens with zero attached hydrogens (tertiary/aromatic N) is 2. The minimum Gasteiger partial charge on any atom is -0.481 e. The van der Waals surface area contributed by atoms with Crippen LogP contribution in [0.25, 0.3) is 21.9 Å². The monoisotopic (exact) mass is 300 g/mol. The van der Waals surface area contributed by atoms with E-state index in [1.165, 1.54) is 12.7 Å². The number of rotatable bonds is 5. The fourth-order valence-electron chi connectivity index (χ4n) is 1.96. The zero-order chi connectivity index (χ0) is 14.7. The molecule has 0 saturated heterocycles. The van der Waals surface area contributed by atoms with Gasteiger partial charge in [-0.1, -0.05) is 12.1 Å². The van der Waals surface area contributed by atoms with Crippen molar-refractivity contribution in [1.82, 2.24) is 9.97 Å². The summed E-state index contributed by atoms with van der Waals surface area (Å²) in [5, 5.41) is 9.72. The lowest BCUT2D eigenvalue weighted by atomic mass is 10.1. The molecule has 1 N–H and O–H groups in total. The second kappa shape index (κ2) is 5.88. The van der Waals surface area contributed by atoms with Crippen LogP contribution in [0, 0.1) is 0 Å². The maximum Gasteiger partial charge on any atom is 0.303 e. The first-order chi connectivity index (χ1) is 10.2. The molecule has 0 saturated carbocycles. The Morgan fingerprint density at radius 1 is 1.33 bits per heavy atom. The molecule has 2 aromatic heterocycles. The average molecular weight is 300 g/mol. The van der Waals surface area contributed by atoms with Crippen molar-refractivity contribution >= 4 is 39.2 Å². The second-order valence-corrected chi connectivity index (χ2v) is 5.49. The number of carboxylic acid groups (broad SMARTS) is 1. The summed E-state index contributed by atoms with van der Waals surface area (Å²) in [6, 6.07) is 7.84. The smallest absolute Gasteiger partial charge is 0.303 e. The molecule has 21 heavy (non-hydrogen) atoms. The molecule has 0 atom stereocenters. The van der Waals surface area contributed by atoms with Crippen LogP contribution in [0.5, 0.6) is 0 Å². The van der Waals surface area contributed by atoms with Gasteiger partial charge in [0.25, 0.3) is 0 Å². The van der Waals surface area contributed by atoms with Gasteiger partial charge in [-0.2, -0.15) is 0 Å². The van der Waals surface area contributed by atoms with Crippen LogP contribution in [-0.4, -0.2) is 21.0 Å². The SMILES string of the molecule is O=C(O)CC/C(=C/c1cocn1)c1nc2ccccc2s1. The molecule has 0 unspecified atom stereocenters. The standard InChI is InChI=1S/C15H12N2O3S/c18-14(19)6-5-10(7-11-8-20-9-16-11)15-17-12-3-1-2-4-13(12)21-15/h1-4,7-9H,5-6H2,(H,18,19)/b10-7-. The quantitative estimate of drug-likeness (QED) is 0.777. The van der Waals surface area contributed by atoms with Gasteiger partial charge < -0.3 is 9.52 Å². The number of thiazole rings is 1. The third kappa shape index (κ3) is 3.17. The lowest BCUT2D eigenvalue weighted by molar-refractivity contribution is -0.136. The zero-order valence-corrected chi connectivity index (χ0v) is 11.8. The first kappa shape index (κ1) is 13.5. The van der Waals surface area contributed by atoms with Crippen molar-refractivity contribution in [3.05, 3.63) is 47.6 Å². The van der Waals surface area contributed by atoms with Gasteiger partial charge in [0.05, 0.1) is 10.2 Å². The molecule has 0 spiro atoms. The number of fused-ring (bicyclic) bond motifs is 1. The number of carboxylic acids is 1. The van der Waals surface area contributed by atoms with Crippen LogP contribution in [-0.2, 0) is 4.79 Å². The van der Waals surface area contributed by atoms with Gasteiger partial charge >= 0.3 is 5.97 Å². The van der Waals surface area contributed by atoms with Gasteiger partial charge in [0.2, 0.25) is 0 Å². The van der Waals surface area contributed by atoms with Crippen LogP contribution >= 0.6 is 11.3 Å². The van der Waals surface area contributed by atoms with Crippen LogP contribution in [0.3, 0.4) is 0 Å². The summed E-state index contributed by atoms with van der Waals surface area (Å²) in [4.78, 5) is 19.5. The van der Waals surface area contributed by atoms with Crippen LogP contribution < -0.4 is 0 Å². The molecule has 106 valence electrons. The highest BCUT2D eigenvalue weighted by atomic mass is 32.1. The van der Waals surface area contributed by atoms with Crippen molar-refractivity contribution in [2.24, 2.45) is 0 Å². The molecule has 6 heteroatoms. The molecule has 0 aliphatic rings. The fraction of sp³-hybridized carbons (Fsp3) is 0.133. The molecule has 0 bridgehead atoms. The minimum atomic E-state index is -0.831. The Kier molecular flexibility index (Phi) is 3.79. The van der Waals surface area contributed by atoms with E-state index in [0.717, 1.165) is 20.8 Å². The van der Waals surface area contributed by atoms with Crippen molar-refractivity contribution in [1.29, 1.82) is 0 Å². The number of aliphatic carboxylic acids is 1. The Labute approximate surface area is 124 Å². The molecular formula is C15H12N2O3S. The summed E-state index contributed by atoms with van der Waals surface area (Å²) >= 11 is 1.55. The average Bonchev–Trinajstić information content (AvgIpc) is 3.11. The Morgan fingerprint density at radius 3 is 2.90 bits per heavy atom. The van der Waals surface area contributed by atoms with E-state index in [1.807, 2.05) is 30.3 Å². The Hall–Kier alpha value is -2.47. The summed E-state index contributed by atoms with van der Waals surface area (Å²) in [5.74, 6) is -0.831. The Morgan fingerprint density at radius 2 is 2.19 bits per heavy atom. The number of para-hydroxylation sites is 1. The molecule has 3 rings (SSSR count). The first-order valence-corrected chi connectivity index (χ1v) is 7.20. The largest absolute Gasteiger partial charge is 0.481 e. The van der Waals surface area contributed by atoms with Gasteiger partial charge in [-0.25, -0.2) is 9.97 Å². The minimum absolute atomic E-state index is 0.0552. The lowest BCUT2D eigenvalue weighted by Crippen LogP contribution is -1.95. The van der Waals surface area contributed by atoms with Gasteiger partial charge in [0.15, 0.2) is 6.39 Å². The maximum atomic E-state index is 10.8. The number of carbonyl (C=O) groups is 1. The summed E-state index contributed by atoms with van der Waals surface area (Å²) < 4.78 is 6.02. The van der Waals surface area contributed by atoms with Gasteiger partial charge in [0, 0.05) is 6.42 Å². The zero-order valence-electron chi connectivity index (χ0n) is 11.0. The number of aromatic nitrogens is 2. The lowest BCUT2D eigenvalue weighted by Gasteiger charge is -2.01. The molecule has 2 heterocycles. The molecule has 3 aromatic rings. The second-order valence-electron chi connectivity index (χ2n) is 4.46. The van der Waals surface area contributed by atoms with Crippen molar-refractivity contribution in [2.75, 3.05) is 0 Å². The van der Waals surface area contributed by atoms with Crippen molar-refractivity contribution in [3.8, 4) is 0 Å². The number of allylic oxidation sites excluding steroid dienone is 1. The third-order valence-electron chi connectivity index (χ3n) is 2.95. The summed E-state index contributed by atoms with van der Waals surface area (Å²) in [7, 11) is 0. The topological polar surface area (TPSA) is 76.2 Å². The Balaban J connectivity index is 1.99. The van der Waals surface area contributed by atoms with E-state index < -0.39 is 5.97 Å². The molecule has 0 aliphatic heterocycles. The van der Waals surface area contributed by atoms with Gasteiger partial charge in [-0.05, 0) is 30.2 Å². The van der Waals surface area contributed by atoms with E-state index in [2.05, 4.69) is 9.97 Å². The summed E-state index contributed by atoms with van der Waals surface area (Å²) in [5.41, 5.74) is 2.43. The van der Waals surface area contributed by atoms with E-state index in [9.17, 15) is 4.79 Å². The molecular weight excluding hydrogens is 288 g/mol. The van der Waals surface area contributed by atoms with Crippen LogP contribution in [0.4, 0.5) is 0 Å². The van der Waals surface area contributed by atoms with Crippen molar-refractivity contribution < 1.29 is 14.3 Å². The van der Waals surface area contributed by atoms with Gasteiger partial charge in [0.1, 0.15) is 17.0 Å². The van der Waals surface area contributed by atoms with Crippen molar-refractivity contribution in [3.63, 3.8) is 0 Å². The normalized spacial score (nSPS) is 11.9. The van der Waals surface area contributed by atoms with E-state index in [0.29, 0.717) is 12.1 Å². The molecule has 5 nitrogen and oxygen atoms in total. The molecule has 0 amide bonds. The van der Waals surface area contributed by atoms with Gasteiger partial charge in [-0.3, -0.25) is 4.79 Å². The number of hydrogen-bond acceptors (Lipinski definition) is 5. The van der Waals surface area contributed by atoms with Crippen LogP contribution in [0.1, 0.15) is 23.5 Å². The third-order valence-corrected chi connectivity index (χ3v) is 4.06. The van der Waals surface area contributed by atoms with Crippen LogP contribution in [0.15, 0.2) is 41.3 Å². The molecule has 0 radical (unpaired) electrons. The predicted octanol–water partition coefficient (Wildman–Crippen LogP) is 3.69. The molecule has 0 fully saturated rings. The number of benzene rings is 1. The van der Waals surface area contributed by atoms with E-state index in [4.69, 9.17) is 9.52 Å². The molecule has 1 aromatic carbocycles. The van der Waals surface area contributed by atoms with Crippen molar-refractivity contribution in [2.45, 2.75) is 12.8 Å². The highest BCUT2D eigenvalue weighted by Crippen LogP contribution is 2.30. The van der Waals surface area contributed by atoms with Gasteiger partial charge in [-0.15, -0.1) is 11.3 Å². The number of hydrogen-bond donors (Lipinski definition) is 1. The molecule has 0 aliphatic carbocycles. The highest BCUT2D eigenvalue weighted by molar-refractivity contribution is 7.19. The first-order valence-electron chi connectivity index (χ1n) is 6.39. The van der Waals surface area contributed by atoms with E-state index >= 15 is 0 Å².